The van der Waals surface area contributed by atoms with Crippen LogP contribution in [0, 0.1) is 0 Å². The Morgan fingerprint density at radius 2 is 2.04 bits per heavy atom. The number of rotatable bonds is 7. The monoisotopic (exact) mass is 351 g/mol. The fourth-order valence-corrected chi connectivity index (χ4v) is 2.63. The third kappa shape index (κ3) is 4.09. The van der Waals surface area contributed by atoms with Crippen molar-refractivity contribution in [2.24, 2.45) is 5.73 Å². The van der Waals surface area contributed by atoms with Gasteiger partial charge in [-0.05, 0) is 36.8 Å². The van der Waals surface area contributed by atoms with Gasteiger partial charge in [0.1, 0.15) is 11.5 Å². The van der Waals surface area contributed by atoms with E-state index in [-0.39, 0.29) is 5.91 Å². The molecule has 0 radical (unpaired) electrons. The third-order valence-corrected chi connectivity index (χ3v) is 3.94. The van der Waals surface area contributed by atoms with Crippen molar-refractivity contribution >= 4 is 11.7 Å². The lowest BCUT2D eigenvalue weighted by molar-refractivity contribution is -0.118. The zero-order valence-electron chi connectivity index (χ0n) is 14.6. The van der Waals surface area contributed by atoms with Crippen molar-refractivity contribution < 1.29 is 4.79 Å². The van der Waals surface area contributed by atoms with E-state index in [0.717, 1.165) is 16.8 Å². The van der Waals surface area contributed by atoms with Gasteiger partial charge in [0.2, 0.25) is 5.91 Å². The third-order valence-electron chi connectivity index (χ3n) is 3.94. The van der Waals surface area contributed by atoms with Crippen LogP contribution < -0.4 is 10.6 Å². The minimum atomic E-state index is -0.0184. The van der Waals surface area contributed by atoms with Crippen molar-refractivity contribution in [2.75, 3.05) is 18.0 Å². The van der Waals surface area contributed by atoms with Crippen LogP contribution in [0.4, 0.5) is 5.82 Å². The molecule has 8 heteroatoms. The van der Waals surface area contributed by atoms with Crippen LogP contribution in [-0.2, 0) is 17.8 Å². The predicted octanol–water partition coefficient (Wildman–Crippen LogP) is 1.29. The molecule has 1 amide bonds. The number of anilines is 1. The second-order valence-electron chi connectivity index (χ2n) is 5.73. The summed E-state index contributed by atoms with van der Waals surface area (Å²) in [7, 11) is 0. The van der Waals surface area contributed by atoms with Gasteiger partial charge in [-0.2, -0.15) is 0 Å². The molecule has 3 rings (SSSR count). The summed E-state index contributed by atoms with van der Waals surface area (Å²) in [5.74, 6) is 0.576. The second kappa shape index (κ2) is 8.30. The van der Waals surface area contributed by atoms with E-state index < -0.39 is 0 Å². The van der Waals surface area contributed by atoms with Crippen LogP contribution >= 0.6 is 0 Å². The van der Waals surface area contributed by atoms with E-state index in [1.165, 1.54) is 0 Å². The largest absolute Gasteiger partial charge is 0.329 e. The molecule has 2 N–H and O–H groups in total. The molecular weight excluding hydrogens is 330 g/mol. The zero-order chi connectivity index (χ0) is 18.4. The molecule has 3 aromatic heterocycles. The summed E-state index contributed by atoms with van der Waals surface area (Å²) in [6.07, 6.45) is 7.18. The molecule has 0 aliphatic heterocycles. The number of likely N-dealkylation sites (N-methyl/N-ethyl adjacent to an activating group) is 1. The Morgan fingerprint density at radius 1 is 1.23 bits per heavy atom. The molecule has 0 bridgehead atoms. The van der Waals surface area contributed by atoms with E-state index in [0.29, 0.717) is 31.9 Å². The Kier molecular flexibility index (Phi) is 5.65. The van der Waals surface area contributed by atoms with Gasteiger partial charge in [0.05, 0.1) is 19.2 Å². The van der Waals surface area contributed by atoms with Gasteiger partial charge in [0.15, 0.2) is 0 Å². The van der Waals surface area contributed by atoms with Crippen molar-refractivity contribution in [1.29, 1.82) is 0 Å². The predicted molar refractivity (Wildman–Crippen MR) is 98.3 cm³/mol. The molecule has 0 fully saturated rings. The quantitative estimate of drug-likeness (QED) is 0.688. The fourth-order valence-electron chi connectivity index (χ4n) is 2.63. The molecule has 0 aromatic carbocycles. The summed E-state index contributed by atoms with van der Waals surface area (Å²) in [6, 6.07) is 7.38. The zero-order valence-corrected chi connectivity index (χ0v) is 14.6. The summed E-state index contributed by atoms with van der Waals surface area (Å²) in [5, 5.41) is 8.21. The summed E-state index contributed by atoms with van der Waals surface area (Å²) >= 11 is 0. The van der Waals surface area contributed by atoms with Gasteiger partial charge >= 0.3 is 0 Å². The molecule has 26 heavy (non-hydrogen) atoms. The van der Waals surface area contributed by atoms with E-state index in [1.54, 1.807) is 28.2 Å². The van der Waals surface area contributed by atoms with Gasteiger partial charge in [0, 0.05) is 37.2 Å². The number of hydrogen-bond acceptors (Lipinski definition) is 6. The van der Waals surface area contributed by atoms with Gasteiger partial charge in [0.25, 0.3) is 0 Å². The molecule has 134 valence electrons. The first-order valence-electron chi connectivity index (χ1n) is 8.47. The molecule has 0 aliphatic rings. The number of hydrogen-bond donors (Lipinski definition) is 1. The lowest BCUT2D eigenvalue weighted by Gasteiger charge is -2.20. The molecule has 3 aromatic rings. The lowest BCUT2D eigenvalue weighted by atomic mass is 10.1. The molecule has 0 unspecified atom stereocenters. The number of nitrogens with zero attached hydrogens (tertiary/aromatic N) is 6. The van der Waals surface area contributed by atoms with Crippen LogP contribution in [0.1, 0.15) is 12.5 Å². The van der Waals surface area contributed by atoms with Gasteiger partial charge in [-0.15, -0.1) is 5.10 Å². The number of aromatic nitrogens is 5. The molecule has 0 aliphatic carbocycles. The Morgan fingerprint density at radius 3 is 2.77 bits per heavy atom. The van der Waals surface area contributed by atoms with E-state index in [1.807, 2.05) is 37.4 Å². The number of nitrogens with two attached hydrogens (primary N) is 1. The maximum Gasteiger partial charge on any atom is 0.232 e. The smallest absolute Gasteiger partial charge is 0.232 e. The standard InChI is InChI=1S/C18H21N7O/c1-2-25(18(26)11-14-3-7-20-8-4-14)17-12-15(5-9-21-17)16-13-24(10-6-19)23-22-16/h3-5,7-9,12-13H,2,6,10-11,19H2,1H3. The molecule has 8 nitrogen and oxygen atoms in total. The van der Waals surface area contributed by atoms with E-state index in [9.17, 15) is 4.79 Å². The molecule has 0 saturated heterocycles. The molecule has 0 spiro atoms. The highest BCUT2D eigenvalue weighted by molar-refractivity contribution is 5.94. The summed E-state index contributed by atoms with van der Waals surface area (Å²) in [4.78, 5) is 22.7. The molecule has 0 atom stereocenters. The average molecular weight is 351 g/mol. The van der Waals surface area contributed by atoms with Crippen LogP contribution in [0.5, 0.6) is 0 Å². The summed E-state index contributed by atoms with van der Waals surface area (Å²) < 4.78 is 1.70. The lowest BCUT2D eigenvalue weighted by Crippen LogP contribution is -2.32. The van der Waals surface area contributed by atoms with Crippen molar-refractivity contribution in [1.82, 2.24) is 25.0 Å². The Hall–Kier alpha value is -3.13. The number of amides is 1. The Balaban J connectivity index is 1.81. The van der Waals surface area contributed by atoms with Crippen molar-refractivity contribution in [2.45, 2.75) is 19.9 Å². The normalized spacial score (nSPS) is 10.7. The highest BCUT2D eigenvalue weighted by atomic mass is 16.2. The van der Waals surface area contributed by atoms with Crippen LogP contribution in [-0.4, -0.2) is 44.0 Å². The van der Waals surface area contributed by atoms with Crippen LogP contribution in [0.2, 0.25) is 0 Å². The highest BCUT2D eigenvalue weighted by Gasteiger charge is 2.17. The van der Waals surface area contributed by atoms with Crippen molar-refractivity contribution in [3.63, 3.8) is 0 Å². The SMILES string of the molecule is CCN(C(=O)Cc1ccncc1)c1cc(-c2cn(CCN)nn2)ccn1. The van der Waals surface area contributed by atoms with Gasteiger partial charge in [-0.25, -0.2) is 4.98 Å². The number of carbonyl (C=O) groups excluding carboxylic acids is 1. The maximum atomic E-state index is 12.7. The number of carbonyl (C=O) groups is 1. The first kappa shape index (κ1) is 17.7. The first-order valence-corrected chi connectivity index (χ1v) is 8.47. The topological polar surface area (TPSA) is 103 Å². The van der Waals surface area contributed by atoms with Crippen molar-refractivity contribution in [3.8, 4) is 11.3 Å². The highest BCUT2D eigenvalue weighted by Crippen LogP contribution is 2.21. The van der Waals surface area contributed by atoms with Gasteiger partial charge < -0.3 is 5.73 Å². The van der Waals surface area contributed by atoms with Gasteiger partial charge in [-0.1, -0.05) is 5.21 Å². The molecule has 3 heterocycles. The summed E-state index contributed by atoms with van der Waals surface area (Å²) in [5.41, 5.74) is 8.04. The van der Waals surface area contributed by atoms with Crippen LogP contribution in [0.15, 0.2) is 49.1 Å². The molecule has 0 saturated carbocycles. The van der Waals surface area contributed by atoms with Crippen LogP contribution in [0.25, 0.3) is 11.3 Å². The minimum Gasteiger partial charge on any atom is -0.329 e. The van der Waals surface area contributed by atoms with E-state index in [4.69, 9.17) is 5.73 Å². The minimum absolute atomic E-state index is 0.0184. The van der Waals surface area contributed by atoms with E-state index >= 15 is 0 Å². The fraction of sp³-hybridized carbons (Fsp3) is 0.278. The first-order chi connectivity index (χ1) is 12.7. The molecular formula is C18H21N7O. The van der Waals surface area contributed by atoms with Gasteiger partial charge in [-0.3, -0.25) is 19.4 Å². The second-order valence-corrected chi connectivity index (χ2v) is 5.73. The summed E-state index contributed by atoms with van der Waals surface area (Å²) in [6.45, 7) is 3.56. The Bertz CT molecular complexity index is 863. The maximum absolute atomic E-state index is 12.7. The average Bonchev–Trinajstić information content (AvgIpc) is 3.12. The number of pyridine rings is 2. The van der Waals surface area contributed by atoms with Crippen LogP contribution in [0.3, 0.4) is 0 Å². The van der Waals surface area contributed by atoms with Crippen molar-refractivity contribution in [3.05, 3.63) is 54.6 Å². The van der Waals surface area contributed by atoms with E-state index in [2.05, 4.69) is 20.3 Å². The Labute approximate surface area is 151 Å².